The second-order valence-corrected chi connectivity index (χ2v) is 6.64. The molecule has 0 fully saturated rings. The molecule has 1 aromatic heterocycles. The Balaban J connectivity index is 1.81. The zero-order valence-electron chi connectivity index (χ0n) is 12.6. The molecule has 6 heteroatoms. The normalized spacial score (nSPS) is 17.4. The molecule has 1 aromatic carbocycles. The number of hydrogen-bond donors (Lipinski definition) is 3. The van der Waals surface area contributed by atoms with Crippen molar-refractivity contribution in [3.05, 3.63) is 69.6 Å². The van der Waals surface area contributed by atoms with E-state index in [2.05, 4.69) is 16.0 Å². The van der Waals surface area contributed by atoms with Crippen molar-refractivity contribution in [1.29, 1.82) is 0 Å². The number of carbonyl (C=O) groups excluding carboxylic acids is 1. The van der Waals surface area contributed by atoms with Crippen molar-refractivity contribution in [3.8, 4) is 0 Å². The molecule has 0 spiro atoms. The Morgan fingerprint density at radius 3 is 2.74 bits per heavy atom. The molecule has 2 heterocycles. The molecule has 0 bridgehead atoms. The van der Waals surface area contributed by atoms with Gasteiger partial charge in [0.25, 0.3) is 5.91 Å². The molecule has 0 saturated carbocycles. The Morgan fingerprint density at radius 2 is 2.04 bits per heavy atom. The van der Waals surface area contributed by atoms with Crippen molar-refractivity contribution in [1.82, 2.24) is 16.0 Å². The number of allylic oxidation sites excluding steroid dienone is 1. The van der Waals surface area contributed by atoms with Crippen LogP contribution >= 0.6 is 23.6 Å². The summed E-state index contributed by atoms with van der Waals surface area (Å²) in [5, 5.41) is 11.8. The van der Waals surface area contributed by atoms with E-state index in [-0.39, 0.29) is 11.9 Å². The second kappa shape index (κ2) is 6.93. The first-order valence-corrected chi connectivity index (χ1v) is 8.58. The lowest BCUT2D eigenvalue weighted by molar-refractivity contribution is -0.118. The molecule has 3 N–H and O–H groups in total. The van der Waals surface area contributed by atoms with E-state index in [9.17, 15) is 4.79 Å². The first kappa shape index (κ1) is 15.7. The summed E-state index contributed by atoms with van der Waals surface area (Å²) in [5.41, 5.74) is 2.54. The van der Waals surface area contributed by atoms with Crippen molar-refractivity contribution in [2.45, 2.75) is 19.5 Å². The zero-order chi connectivity index (χ0) is 16.2. The van der Waals surface area contributed by atoms with Gasteiger partial charge in [-0.05, 0) is 36.2 Å². The van der Waals surface area contributed by atoms with Crippen LogP contribution in [0.3, 0.4) is 0 Å². The number of thiophene rings is 1. The van der Waals surface area contributed by atoms with Crippen molar-refractivity contribution < 1.29 is 4.79 Å². The fraction of sp³-hybridized carbons (Fsp3) is 0.176. The third-order valence-corrected chi connectivity index (χ3v) is 4.79. The van der Waals surface area contributed by atoms with Gasteiger partial charge in [0.2, 0.25) is 0 Å². The van der Waals surface area contributed by atoms with Crippen LogP contribution in [0, 0.1) is 0 Å². The molecule has 4 nitrogen and oxygen atoms in total. The van der Waals surface area contributed by atoms with Gasteiger partial charge in [-0.1, -0.05) is 36.4 Å². The van der Waals surface area contributed by atoms with Crippen LogP contribution in [-0.4, -0.2) is 11.0 Å². The van der Waals surface area contributed by atoms with Gasteiger partial charge in [-0.25, -0.2) is 0 Å². The van der Waals surface area contributed by atoms with E-state index in [1.165, 1.54) is 0 Å². The Hall–Kier alpha value is -2.18. The molecule has 1 amide bonds. The standard InChI is InChI=1S/C17H17N3OS2/c1-11-14(16(21)18-10-12-6-3-2-4-7-12)15(20-17(22)19-11)13-8-5-9-23-13/h2-9,15H,10H2,1H3,(H,18,21)(H2,19,20,22)/t15-/m1/s1. The van der Waals surface area contributed by atoms with Gasteiger partial charge in [-0.3, -0.25) is 4.79 Å². The maximum atomic E-state index is 12.7. The number of rotatable bonds is 4. The summed E-state index contributed by atoms with van der Waals surface area (Å²) >= 11 is 6.84. The summed E-state index contributed by atoms with van der Waals surface area (Å²) in [6, 6.07) is 13.6. The number of hydrogen-bond acceptors (Lipinski definition) is 3. The Bertz CT molecular complexity index is 738. The van der Waals surface area contributed by atoms with Crippen LogP contribution in [0.2, 0.25) is 0 Å². The zero-order valence-corrected chi connectivity index (χ0v) is 14.3. The number of thiocarbonyl (C=S) groups is 1. The van der Waals surface area contributed by atoms with Crippen LogP contribution in [0.1, 0.15) is 23.4 Å². The fourth-order valence-corrected chi connectivity index (χ4v) is 3.59. The highest BCUT2D eigenvalue weighted by atomic mass is 32.1. The molecule has 0 unspecified atom stereocenters. The summed E-state index contributed by atoms with van der Waals surface area (Å²) in [7, 11) is 0. The van der Waals surface area contributed by atoms with Crippen LogP contribution in [0.15, 0.2) is 59.1 Å². The number of nitrogens with one attached hydrogen (secondary N) is 3. The lowest BCUT2D eigenvalue weighted by Gasteiger charge is -2.29. The largest absolute Gasteiger partial charge is 0.350 e. The average Bonchev–Trinajstić information content (AvgIpc) is 3.07. The molecule has 1 atom stereocenters. The number of carbonyl (C=O) groups is 1. The molecule has 0 aliphatic carbocycles. The fourth-order valence-electron chi connectivity index (χ4n) is 2.54. The van der Waals surface area contributed by atoms with Crippen LogP contribution in [-0.2, 0) is 11.3 Å². The Labute approximate surface area is 144 Å². The molecule has 2 aromatic rings. The molecular formula is C17H17N3OS2. The van der Waals surface area contributed by atoms with Gasteiger partial charge in [-0.15, -0.1) is 11.3 Å². The lowest BCUT2D eigenvalue weighted by atomic mass is 10.0. The van der Waals surface area contributed by atoms with E-state index in [0.717, 1.165) is 16.1 Å². The Kier molecular flexibility index (Phi) is 4.73. The van der Waals surface area contributed by atoms with Gasteiger partial charge >= 0.3 is 0 Å². The summed E-state index contributed by atoms with van der Waals surface area (Å²) in [4.78, 5) is 13.8. The second-order valence-electron chi connectivity index (χ2n) is 5.25. The van der Waals surface area contributed by atoms with E-state index in [0.29, 0.717) is 17.2 Å². The first-order chi connectivity index (χ1) is 11.1. The predicted octanol–water partition coefficient (Wildman–Crippen LogP) is 2.86. The molecule has 3 rings (SSSR count). The topological polar surface area (TPSA) is 53.2 Å². The van der Waals surface area contributed by atoms with E-state index >= 15 is 0 Å². The minimum absolute atomic E-state index is 0.0905. The van der Waals surface area contributed by atoms with Gasteiger partial charge in [-0.2, -0.15) is 0 Å². The van der Waals surface area contributed by atoms with Gasteiger partial charge in [0, 0.05) is 17.1 Å². The highest BCUT2D eigenvalue weighted by molar-refractivity contribution is 7.80. The maximum absolute atomic E-state index is 12.7. The van der Waals surface area contributed by atoms with Crippen LogP contribution in [0.25, 0.3) is 0 Å². The molecule has 118 valence electrons. The lowest BCUT2D eigenvalue weighted by Crippen LogP contribution is -2.46. The number of amides is 1. The van der Waals surface area contributed by atoms with E-state index in [1.54, 1.807) is 11.3 Å². The minimum Gasteiger partial charge on any atom is -0.350 e. The molecule has 0 saturated heterocycles. The van der Waals surface area contributed by atoms with Crippen LogP contribution < -0.4 is 16.0 Å². The quantitative estimate of drug-likeness (QED) is 0.747. The van der Waals surface area contributed by atoms with Gasteiger partial charge in [0.15, 0.2) is 5.11 Å². The predicted molar refractivity (Wildman–Crippen MR) is 96.9 cm³/mol. The third-order valence-electron chi connectivity index (χ3n) is 3.64. The SMILES string of the molecule is CC1=C(C(=O)NCc2ccccc2)[C@@H](c2cccs2)NC(=S)N1. The van der Waals surface area contributed by atoms with Crippen molar-refractivity contribution in [2.24, 2.45) is 0 Å². The van der Waals surface area contributed by atoms with Crippen molar-refractivity contribution in [3.63, 3.8) is 0 Å². The minimum atomic E-state index is -0.209. The van der Waals surface area contributed by atoms with E-state index in [1.807, 2.05) is 54.8 Å². The maximum Gasteiger partial charge on any atom is 0.251 e. The third kappa shape index (κ3) is 3.60. The Morgan fingerprint density at radius 1 is 1.26 bits per heavy atom. The summed E-state index contributed by atoms with van der Waals surface area (Å²) in [5.74, 6) is -0.0905. The summed E-state index contributed by atoms with van der Waals surface area (Å²) in [6.07, 6.45) is 0. The highest BCUT2D eigenvalue weighted by Crippen LogP contribution is 2.29. The monoisotopic (exact) mass is 343 g/mol. The smallest absolute Gasteiger partial charge is 0.251 e. The molecule has 1 aliphatic heterocycles. The van der Waals surface area contributed by atoms with Crippen molar-refractivity contribution in [2.75, 3.05) is 0 Å². The van der Waals surface area contributed by atoms with Crippen molar-refractivity contribution >= 4 is 34.6 Å². The molecule has 1 aliphatic rings. The van der Waals surface area contributed by atoms with Gasteiger partial charge in [0.05, 0.1) is 11.6 Å². The van der Waals surface area contributed by atoms with Crippen LogP contribution in [0.5, 0.6) is 0 Å². The molecule has 0 radical (unpaired) electrons. The molecule has 23 heavy (non-hydrogen) atoms. The first-order valence-electron chi connectivity index (χ1n) is 7.29. The summed E-state index contributed by atoms with van der Waals surface area (Å²) in [6.45, 7) is 2.38. The van der Waals surface area contributed by atoms with E-state index in [4.69, 9.17) is 12.2 Å². The highest BCUT2D eigenvalue weighted by Gasteiger charge is 2.30. The van der Waals surface area contributed by atoms with E-state index < -0.39 is 0 Å². The number of benzene rings is 1. The summed E-state index contributed by atoms with van der Waals surface area (Å²) < 4.78 is 0. The molecular weight excluding hydrogens is 326 g/mol. The van der Waals surface area contributed by atoms with Crippen LogP contribution in [0.4, 0.5) is 0 Å². The van der Waals surface area contributed by atoms with Gasteiger partial charge in [0.1, 0.15) is 0 Å². The average molecular weight is 343 g/mol. The van der Waals surface area contributed by atoms with Gasteiger partial charge < -0.3 is 16.0 Å².